The lowest BCUT2D eigenvalue weighted by molar-refractivity contribution is -0.115. The molecule has 3 aromatic carbocycles. The van der Waals surface area contributed by atoms with Gasteiger partial charge in [0.1, 0.15) is 0 Å². The Hall–Kier alpha value is -4.19. The molecule has 5 rings (SSSR count). The smallest absolute Gasteiger partial charge is 0.274 e. The predicted octanol–water partition coefficient (Wildman–Crippen LogP) is 5.24. The fourth-order valence-electron chi connectivity index (χ4n) is 4.53. The molecule has 0 fully saturated rings. The summed E-state index contributed by atoms with van der Waals surface area (Å²) < 4.78 is 3.66. The second kappa shape index (κ2) is 9.58. The van der Waals surface area contributed by atoms with Crippen molar-refractivity contribution in [1.29, 1.82) is 0 Å². The van der Waals surface area contributed by atoms with Crippen molar-refractivity contribution in [2.45, 2.75) is 33.4 Å². The Morgan fingerprint density at radius 2 is 1.63 bits per heavy atom. The number of hydrogen-bond donors (Lipinski definition) is 1. The van der Waals surface area contributed by atoms with Gasteiger partial charge in [-0.15, -0.1) is 0 Å². The fraction of sp³-hybridized carbons (Fsp3) is 0.207. The number of nitrogens with one attached hydrogen (secondary N) is 1. The molecule has 5 aromatic rings. The Kier molecular flexibility index (Phi) is 6.19. The Morgan fingerprint density at radius 1 is 0.886 bits per heavy atom. The molecule has 6 nitrogen and oxygen atoms in total. The molecule has 176 valence electrons. The van der Waals surface area contributed by atoms with Crippen molar-refractivity contribution in [3.8, 4) is 0 Å². The monoisotopic (exact) mass is 464 g/mol. The number of amides is 1. The van der Waals surface area contributed by atoms with E-state index in [1.807, 2.05) is 66.7 Å². The number of rotatable bonds is 7. The van der Waals surface area contributed by atoms with Crippen LogP contribution in [0.1, 0.15) is 25.1 Å². The molecular formula is C29H28N4O2. The third kappa shape index (κ3) is 4.73. The quantitative estimate of drug-likeness (QED) is 0.358. The second-order valence-electron chi connectivity index (χ2n) is 9.27. The van der Waals surface area contributed by atoms with E-state index in [9.17, 15) is 9.59 Å². The number of aromatic nitrogens is 3. The Balaban J connectivity index is 1.45. The zero-order chi connectivity index (χ0) is 24.4. The molecule has 6 heteroatoms. The fourth-order valence-corrected chi connectivity index (χ4v) is 4.53. The third-order valence-corrected chi connectivity index (χ3v) is 6.10. The Labute approximate surface area is 203 Å². The van der Waals surface area contributed by atoms with Gasteiger partial charge in [0, 0.05) is 23.5 Å². The van der Waals surface area contributed by atoms with Crippen molar-refractivity contribution in [1.82, 2.24) is 14.3 Å². The number of nitrogens with zero attached hydrogens (tertiary/aromatic N) is 3. The Morgan fingerprint density at radius 3 is 2.40 bits per heavy atom. The molecule has 35 heavy (non-hydrogen) atoms. The van der Waals surface area contributed by atoms with Gasteiger partial charge in [-0.1, -0.05) is 68.4 Å². The van der Waals surface area contributed by atoms with E-state index >= 15 is 0 Å². The van der Waals surface area contributed by atoms with Crippen molar-refractivity contribution in [2.75, 3.05) is 5.32 Å². The lowest BCUT2D eigenvalue weighted by Gasteiger charge is -2.12. The highest BCUT2D eigenvalue weighted by molar-refractivity contribution is 6.02. The van der Waals surface area contributed by atoms with E-state index < -0.39 is 0 Å². The van der Waals surface area contributed by atoms with Crippen molar-refractivity contribution >= 4 is 33.3 Å². The van der Waals surface area contributed by atoms with Crippen LogP contribution in [0.25, 0.3) is 21.7 Å². The lowest BCUT2D eigenvalue weighted by atomic mass is 10.1. The summed E-state index contributed by atoms with van der Waals surface area (Å²) in [7, 11) is 0. The molecule has 1 N–H and O–H groups in total. The van der Waals surface area contributed by atoms with Crippen molar-refractivity contribution in [3.05, 3.63) is 107 Å². The van der Waals surface area contributed by atoms with Gasteiger partial charge in [-0.25, -0.2) is 4.68 Å². The van der Waals surface area contributed by atoms with Crippen molar-refractivity contribution < 1.29 is 4.79 Å². The molecule has 0 atom stereocenters. The van der Waals surface area contributed by atoms with Gasteiger partial charge in [-0.05, 0) is 35.7 Å². The van der Waals surface area contributed by atoms with Crippen LogP contribution in [0.4, 0.5) is 5.69 Å². The van der Waals surface area contributed by atoms with Gasteiger partial charge in [0.05, 0.1) is 35.2 Å². The van der Waals surface area contributed by atoms with E-state index in [1.165, 1.54) is 4.68 Å². The normalized spacial score (nSPS) is 11.4. The van der Waals surface area contributed by atoms with Crippen LogP contribution in [-0.4, -0.2) is 20.3 Å². The third-order valence-electron chi connectivity index (χ3n) is 6.10. The van der Waals surface area contributed by atoms with Gasteiger partial charge < -0.3 is 9.88 Å². The SMILES string of the molecule is CC(C)Cn1ccc2c(NC(=O)Cc3nn(Cc4ccccc4)c(=O)c4ccccc34)cccc21. The molecule has 0 unspecified atom stereocenters. The number of anilines is 1. The summed E-state index contributed by atoms with van der Waals surface area (Å²) in [5.41, 5.74) is 3.27. The van der Waals surface area contributed by atoms with Crippen LogP contribution in [0.2, 0.25) is 0 Å². The minimum atomic E-state index is -0.170. The molecular weight excluding hydrogens is 436 g/mol. The van der Waals surface area contributed by atoms with E-state index in [-0.39, 0.29) is 17.9 Å². The number of benzene rings is 3. The summed E-state index contributed by atoms with van der Waals surface area (Å²) in [4.78, 5) is 26.2. The summed E-state index contributed by atoms with van der Waals surface area (Å²) in [6, 6.07) is 25.1. The topological polar surface area (TPSA) is 68.9 Å². The summed E-state index contributed by atoms with van der Waals surface area (Å²) in [6.45, 7) is 5.64. The van der Waals surface area contributed by atoms with Crippen LogP contribution in [-0.2, 0) is 24.3 Å². The van der Waals surface area contributed by atoms with Crippen molar-refractivity contribution in [3.63, 3.8) is 0 Å². The van der Waals surface area contributed by atoms with Crippen molar-refractivity contribution in [2.24, 2.45) is 5.92 Å². The van der Waals surface area contributed by atoms with Gasteiger partial charge in [-0.2, -0.15) is 5.10 Å². The zero-order valence-corrected chi connectivity index (χ0v) is 19.9. The molecule has 0 bridgehead atoms. The molecule has 2 heterocycles. The standard InChI is InChI=1S/C29H28N4O2/c1-20(2)18-32-16-15-24-25(13-8-14-27(24)32)30-28(34)17-26-22-11-6-7-12-23(22)29(35)33(31-26)19-21-9-4-3-5-10-21/h3-16,20H,17-19H2,1-2H3,(H,30,34). The molecule has 0 spiro atoms. The highest BCUT2D eigenvalue weighted by atomic mass is 16.1. The number of fused-ring (bicyclic) bond motifs is 2. The highest BCUT2D eigenvalue weighted by Gasteiger charge is 2.15. The first kappa shape index (κ1) is 22.6. The first-order valence-electron chi connectivity index (χ1n) is 11.9. The summed E-state index contributed by atoms with van der Waals surface area (Å²) >= 11 is 0. The first-order chi connectivity index (χ1) is 17.0. The average molecular weight is 465 g/mol. The maximum atomic E-state index is 13.2. The number of carbonyl (C=O) groups excluding carboxylic acids is 1. The van der Waals surface area contributed by atoms with E-state index in [4.69, 9.17) is 0 Å². The van der Waals surface area contributed by atoms with E-state index in [0.29, 0.717) is 28.9 Å². The van der Waals surface area contributed by atoms with Crippen LogP contribution in [0.5, 0.6) is 0 Å². The van der Waals surface area contributed by atoms with Crippen LogP contribution in [0, 0.1) is 5.92 Å². The van der Waals surface area contributed by atoms with Crippen LogP contribution >= 0.6 is 0 Å². The molecule has 0 saturated carbocycles. The molecule has 0 radical (unpaired) electrons. The Bertz CT molecular complexity index is 1560. The summed E-state index contributed by atoms with van der Waals surface area (Å²) in [5.74, 6) is 0.353. The molecule has 0 aliphatic heterocycles. The predicted molar refractivity (Wildman–Crippen MR) is 141 cm³/mol. The largest absolute Gasteiger partial charge is 0.347 e. The van der Waals surface area contributed by atoms with Gasteiger partial charge >= 0.3 is 0 Å². The van der Waals surface area contributed by atoms with Crippen LogP contribution < -0.4 is 10.9 Å². The molecule has 0 aliphatic rings. The van der Waals surface area contributed by atoms with Gasteiger partial charge in [0.25, 0.3) is 5.56 Å². The summed E-state index contributed by atoms with van der Waals surface area (Å²) in [6.07, 6.45) is 2.13. The molecule has 0 aliphatic carbocycles. The second-order valence-corrected chi connectivity index (χ2v) is 9.27. The van der Waals surface area contributed by atoms with Crippen LogP contribution in [0.3, 0.4) is 0 Å². The first-order valence-corrected chi connectivity index (χ1v) is 11.9. The maximum Gasteiger partial charge on any atom is 0.274 e. The molecule has 0 saturated heterocycles. The van der Waals surface area contributed by atoms with Gasteiger partial charge in [0.15, 0.2) is 0 Å². The zero-order valence-electron chi connectivity index (χ0n) is 19.9. The molecule has 1 amide bonds. The van der Waals surface area contributed by atoms with E-state index in [2.05, 4.69) is 41.1 Å². The lowest BCUT2D eigenvalue weighted by Crippen LogP contribution is -2.26. The number of carbonyl (C=O) groups is 1. The minimum Gasteiger partial charge on any atom is -0.347 e. The summed E-state index contributed by atoms with van der Waals surface area (Å²) in [5, 5.41) is 9.96. The van der Waals surface area contributed by atoms with E-state index in [1.54, 1.807) is 6.07 Å². The minimum absolute atomic E-state index is 0.0681. The van der Waals surface area contributed by atoms with Gasteiger partial charge in [0.2, 0.25) is 5.91 Å². The molecule has 2 aromatic heterocycles. The van der Waals surface area contributed by atoms with Gasteiger partial charge in [-0.3, -0.25) is 9.59 Å². The average Bonchev–Trinajstić information content (AvgIpc) is 3.26. The van der Waals surface area contributed by atoms with E-state index in [0.717, 1.165) is 28.7 Å². The highest BCUT2D eigenvalue weighted by Crippen LogP contribution is 2.26. The maximum absolute atomic E-state index is 13.2. The number of hydrogen-bond acceptors (Lipinski definition) is 3. The van der Waals surface area contributed by atoms with Crippen LogP contribution in [0.15, 0.2) is 89.9 Å².